The van der Waals surface area contributed by atoms with E-state index in [-0.39, 0.29) is 18.6 Å². The number of carboxylic acids is 1. The Hall–Kier alpha value is -1.34. The Labute approximate surface area is 118 Å². The van der Waals surface area contributed by atoms with Crippen LogP contribution in [0, 0.1) is 5.41 Å². The summed E-state index contributed by atoms with van der Waals surface area (Å²) in [5, 5.41) is 21.5. The Balaban J connectivity index is 1.89. The molecule has 2 atom stereocenters. The summed E-state index contributed by atoms with van der Waals surface area (Å²) < 4.78 is 0. The summed E-state index contributed by atoms with van der Waals surface area (Å²) in [5.41, 5.74) is -0.759. The molecule has 114 valence electrons. The molecule has 2 fully saturated rings. The van der Waals surface area contributed by atoms with Gasteiger partial charge in [0, 0.05) is 25.7 Å². The lowest BCUT2D eigenvalue weighted by Gasteiger charge is -2.27. The topological polar surface area (TPSA) is 93.1 Å². The predicted octanol–water partition coefficient (Wildman–Crippen LogP) is -0.442. The molecule has 1 aliphatic carbocycles. The van der Waals surface area contributed by atoms with Crippen LogP contribution in [0.4, 0.5) is 4.79 Å². The maximum Gasteiger partial charge on any atom is 0.317 e. The van der Waals surface area contributed by atoms with Crippen LogP contribution < -0.4 is 5.32 Å². The lowest BCUT2D eigenvalue weighted by Crippen LogP contribution is -2.48. The van der Waals surface area contributed by atoms with Crippen molar-refractivity contribution in [2.24, 2.45) is 5.41 Å². The van der Waals surface area contributed by atoms with Crippen LogP contribution in [0.5, 0.6) is 0 Å². The Morgan fingerprint density at radius 2 is 2.05 bits per heavy atom. The van der Waals surface area contributed by atoms with Gasteiger partial charge in [0.1, 0.15) is 0 Å². The van der Waals surface area contributed by atoms with E-state index in [1.807, 2.05) is 19.0 Å². The number of β-amino-alcohol motifs (C(OH)–C–C–N with tert-alkyl or cyclic N) is 1. The summed E-state index contributed by atoms with van der Waals surface area (Å²) in [5.74, 6) is -0.843. The fraction of sp³-hybridized carbons (Fsp3) is 0.846. The molecule has 1 aliphatic heterocycles. The average Bonchev–Trinajstić information content (AvgIpc) is 3.05. The van der Waals surface area contributed by atoms with Crippen LogP contribution in [0.15, 0.2) is 0 Å². The van der Waals surface area contributed by atoms with E-state index in [0.717, 1.165) is 0 Å². The quantitative estimate of drug-likeness (QED) is 0.636. The zero-order chi connectivity index (χ0) is 14.9. The van der Waals surface area contributed by atoms with Crippen LogP contribution in [0.2, 0.25) is 0 Å². The van der Waals surface area contributed by atoms with Gasteiger partial charge in [-0.15, -0.1) is 0 Å². The molecule has 7 nitrogen and oxygen atoms in total. The predicted molar refractivity (Wildman–Crippen MR) is 72.4 cm³/mol. The number of carboxylic acid groups (broad SMARTS) is 1. The maximum absolute atomic E-state index is 12.2. The number of nitrogens with one attached hydrogen (secondary N) is 1. The zero-order valence-corrected chi connectivity index (χ0v) is 12.0. The second-order valence-electron chi connectivity index (χ2n) is 6.20. The van der Waals surface area contributed by atoms with E-state index in [0.29, 0.717) is 32.4 Å². The highest BCUT2D eigenvalue weighted by atomic mass is 16.4. The van der Waals surface area contributed by atoms with Crippen molar-refractivity contribution in [3.8, 4) is 0 Å². The number of rotatable bonds is 5. The van der Waals surface area contributed by atoms with Crippen molar-refractivity contribution in [3.63, 3.8) is 0 Å². The van der Waals surface area contributed by atoms with Crippen LogP contribution in [-0.2, 0) is 4.79 Å². The molecule has 0 aromatic heterocycles. The van der Waals surface area contributed by atoms with Gasteiger partial charge in [-0.25, -0.2) is 4.79 Å². The molecule has 2 aliphatic rings. The van der Waals surface area contributed by atoms with Crippen molar-refractivity contribution in [3.05, 3.63) is 0 Å². The SMILES string of the molecule is CN(C)CC1CC(O)CN1C(=O)NCC1(C(=O)O)CC1. The molecule has 2 rings (SSSR count). The van der Waals surface area contributed by atoms with E-state index < -0.39 is 17.5 Å². The molecule has 1 saturated heterocycles. The van der Waals surface area contributed by atoms with Gasteiger partial charge in [0.15, 0.2) is 0 Å². The van der Waals surface area contributed by atoms with E-state index >= 15 is 0 Å². The number of likely N-dealkylation sites (tertiary alicyclic amines) is 1. The summed E-state index contributed by atoms with van der Waals surface area (Å²) in [6.07, 6.45) is 1.30. The molecule has 0 aromatic carbocycles. The van der Waals surface area contributed by atoms with Gasteiger partial charge in [-0.1, -0.05) is 0 Å². The number of amides is 2. The molecule has 0 bridgehead atoms. The molecule has 2 unspecified atom stereocenters. The Kier molecular flexibility index (Phi) is 4.19. The van der Waals surface area contributed by atoms with Crippen molar-refractivity contribution >= 4 is 12.0 Å². The van der Waals surface area contributed by atoms with E-state index in [4.69, 9.17) is 5.11 Å². The van der Waals surface area contributed by atoms with Crippen molar-refractivity contribution in [2.45, 2.75) is 31.4 Å². The number of likely N-dealkylation sites (N-methyl/N-ethyl adjacent to an activating group) is 1. The first-order valence-electron chi connectivity index (χ1n) is 6.95. The average molecular weight is 285 g/mol. The first-order valence-corrected chi connectivity index (χ1v) is 6.95. The summed E-state index contributed by atoms with van der Waals surface area (Å²) in [6.45, 7) is 1.17. The number of aliphatic carboxylic acids is 1. The minimum atomic E-state index is -0.843. The number of carbonyl (C=O) groups is 2. The van der Waals surface area contributed by atoms with Gasteiger partial charge >= 0.3 is 12.0 Å². The van der Waals surface area contributed by atoms with Gasteiger partial charge in [-0.2, -0.15) is 0 Å². The molecule has 1 saturated carbocycles. The van der Waals surface area contributed by atoms with Gasteiger partial charge in [-0.3, -0.25) is 4.79 Å². The number of nitrogens with zero attached hydrogens (tertiary/aromatic N) is 2. The zero-order valence-electron chi connectivity index (χ0n) is 12.0. The van der Waals surface area contributed by atoms with Crippen LogP contribution in [0.3, 0.4) is 0 Å². The number of urea groups is 1. The van der Waals surface area contributed by atoms with E-state index in [1.54, 1.807) is 4.90 Å². The van der Waals surface area contributed by atoms with Gasteiger partial charge in [-0.05, 0) is 33.4 Å². The minimum Gasteiger partial charge on any atom is -0.481 e. The summed E-state index contributed by atoms with van der Waals surface area (Å²) in [6, 6.07) is -0.305. The Morgan fingerprint density at radius 3 is 2.55 bits per heavy atom. The number of aliphatic hydroxyl groups excluding tert-OH is 1. The second-order valence-corrected chi connectivity index (χ2v) is 6.20. The molecule has 7 heteroatoms. The number of carbonyl (C=O) groups excluding carboxylic acids is 1. The smallest absolute Gasteiger partial charge is 0.317 e. The summed E-state index contributed by atoms with van der Waals surface area (Å²) >= 11 is 0. The van der Waals surface area contributed by atoms with E-state index in [9.17, 15) is 14.7 Å². The third-order valence-electron chi connectivity index (χ3n) is 4.11. The summed E-state index contributed by atoms with van der Waals surface area (Å²) in [7, 11) is 3.84. The third-order valence-corrected chi connectivity index (χ3v) is 4.11. The van der Waals surface area contributed by atoms with Crippen LogP contribution in [-0.4, -0.2) is 77.9 Å². The molecular weight excluding hydrogens is 262 g/mol. The lowest BCUT2D eigenvalue weighted by atomic mass is 10.1. The van der Waals surface area contributed by atoms with Crippen molar-refractivity contribution in [1.82, 2.24) is 15.1 Å². The molecular formula is C13H23N3O4. The van der Waals surface area contributed by atoms with Crippen LogP contribution >= 0.6 is 0 Å². The van der Waals surface area contributed by atoms with Crippen molar-refractivity contribution in [1.29, 1.82) is 0 Å². The molecule has 3 N–H and O–H groups in total. The van der Waals surface area contributed by atoms with E-state index in [2.05, 4.69) is 5.32 Å². The molecule has 0 aromatic rings. The Morgan fingerprint density at radius 1 is 1.40 bits per heavy atom. The number of hydrogen-bond acceptors (Lipinski definition) is 4. The Bertz CT molecular complexity index is 395. The van der Waals surface area contributed by atoms with Gasteiger partial charge in [0.2, 0.25) is 0 Å². The van der Waals surface area contributed by atoms with E-state index in [1.165, 1.54) is 0 Å². The first-order chi connectivity index (χ1) is 9.34. The second kappa shape index (κ2) is 5.57. The highest BCUT2D eigenvalue weighted by Crippen LogP contribution is 2.45. The fourth-order valence-corrected chi connectivity index (χ4v) is 2.70. The standard InChI is InChI=1S/C13H23N3O4/c1-15(2)6-9-5-10(17)7-16(9)12(20)14-8-13(3-4-13)11(18)19/h9-10,17H,3-8H2,1-2H3,(H,14,20)(H,18,19). The largest absolute Gasteiger partial charge is 0.481 e. The minimum absolute atomic E-state index is 0.0278. The molecule has 20 heavy (non-hydrogen) atoms. The van der Waals surface area contributed by atoms with Crippen LogP contribution in [0.1, 0.15) is 19.3 Å². The number of hydrogen-bond donors (Lipinski definition) is 3. The van der Waals surface area contributed by atoms with Crippen molar-refractivity contribution in [2.75, 3.05) is 33.7 Å². The molecule has 1 heterocycles. The van der Waals surface area contributed by atoms with Crippen LogP contribution in [0.25, 0.3) is 0 Å². The fourth-order valence-electron chi connectivity index (χ4n) is 2.70. The first kappa shape index (κ1) is 15.1. The molecule has 0 spiro atoms. The number of aliphatic hydroxyl groups is 1. The lowest BCUT2D eigenvalue weighted by molar-refractivity contribution is -0.143. The third kappa shape index (κ3) is 3.21. The highest BCUT2D eigenvalue weighted by molar-refractivity contribution is 5.80. The monoisotopic (exact) mass is 285 g/mol. The van der Waals surface area contributed by atoms with Gasteiger partial charge in [0.05, 0.1) is 11.5 Å². The maximum atomic E-state index is 12.2. The molecule has 0 radical (unpaired) electrons. The van der Waals surface area contributed by atoms with Gasteiger partial charge in [0.25, 0.3) is 0 Å². The summed E-state index contributed by atoms with van der Waals surface area (Å²) in [4.78, 5) is 26.8. The highest BCUT2D eigenvalue weighted by Gasteiger charge is 2.50. The van der Waals surface area contributed by atoms with Gasteiger partial charge < -0.3 is 25.3 Å². The normalized spacial score (nSPS) is 27.7. The van der Waals surface area contributed by atoms with Crippen molar-refractivity contribution < 1.29 is 19.8 Å². The molecule has 2 amide bonds.